The number of nitrogens with two attached hydrogens (primary N) is 2. The number of anilines is 3. The molecule has 12 nitrogen and oxygen atoms in total. The van der Waals surface area contributed by atoms with Crippen LogP contribution in [0.15, 0.2) is 92.1 Å². The van der Waals surface area contributed by atoms with Crippen molar-refractivity contribution >= 4 is 33.7 Å². The number of amides is 1. The van der Waals surface area contributed by atoms with Crippen LogP contribution in [0.5, 0.6) is 5.75 Å². The molecule has 4 aromatic rings. The van der Waals surface area contributed by atoms with E-state index in [1.54, 1.807) is 29.3 Å². The van der Waals surface area contributed by atoms with E-state index in [1.807, 2.05) is 41.4 Å². The molecule has 6 N–H and O–H groups in total. The zero-order valence-electron chi connectivity index (χ0n) is 32.3. The summed E-state index contributed by atoms with van der Waals surface area (Å²) in [6.07, 6.45) is 6.04. The minimum absolute atomic E-state index is 0.0809. The number of morpholine rings is 1. The van der Waals surface area contributed by atoms with Gasteiger partial charge in [-0.2, -0.15) is 0 Å². The molecule has 0 bridgehead atoms. The Hall–Kier alpha value is -5.14. The largest absolute Gasteiger partial charge is 0.516 e. The maximum atomic E-state index is 13.0. The van der Waals surface area contributed by atoms with Crippen molar-refractivity contribution in [2.75, 3.05) is 68.9 Å². The van der Waals surface area contributed by atoms with Crippen molar-refractivity contribution in [3.05, 3.63) is 103 Å². The number of hydrogen-bond donors (Lipinski definition) is 4. The monoisotopic (exact) mass is 736 g/mol. The molecule has 3 aromatic carbocycles. The van der Waals surface area contributed by atoms with Crippen molar-refractivity contribution < 1.29 is 19.4 Å². The molecule has 0 aliphatic carbocycles. The first-order chi connectivity index (χ1) is 25.9. The van der Waals surface area contributed by atoms with Crippen LogP contribution in [0.3, 0.4) is 0 Å². The van der Waals surface area contributed by atoms with Crippen LogP contribution in [0.4, 0.5) is 17.1 Å². The van der Waals surface area contributed by atoms with Crippen LogP contribution in [0, 0.1) is 0 Å². The molecular formula is C42H56N8O4. The number of pyridine rings is 1. The summed E-state index contributed by atoms with van der Waals surface area (Å²) in [5.74, 6) is 14.7. The number of fused-ring (bicyclic) bond motifs is 1. The number of nitrogens with zero attached hydrogens (tertiary/aromatic N) is 5. The molecule has 1 aromatic heterocycles. The zero-order valence-corrected chi connectivity index (χ0v) is 32.3. The second-order valence-corrected chi connectivity index (χ2v) is 14.7. The number of methoxy groups -OCH3 is 1. The Labute approximate surface area is 319 Å². The van der Waals surface area contributed by atoms with E-state index in [-0.39, 0.29) is 11.3 Å². The summed E-state index contributed by atoms with van der Waals surface area (Å²) in [6, 6.07) is 20.4. The third kappa shape index (κ3) is 9.14. The maximum Gasteiger partial charge on any atom is 0.272 e. The first-order valence-corrected chi connectivity index (χ1v) is 18.4. The average Bonchev–Trinajstić information content (AvgIpc) is 3.17. The van der Waals surface area contributed by atoms with Gasteiger partial charge in [0, 0.05) is 42.8 Å². The van der Waals surface area contributed by atoms with E-state index >= 15 is 0 Å². The molecule has 0 spiro atoms. The number of likely N-dealkylation sites (tertiary alicyclic amines) is 1. The van der Waals surface area contributed by atoms with Crippen LogP contribution in [0.1, 0.15) is 56.1 Å². The molecule has 288 valence electrons. The van der Waals surface area contributed by atoms with E-state index in [9.17, 15) is 4.79 Å². The molecule has 0 radical (unpaired) electrons. The Balaban J connectivity index is 0.00000181. The number of piperidine rings is 1. The van der Waals surface area contributed by atoms with Crippen molar-refractivity contribution in [2.24, 2.45) is 11.7 Å². The number of carbonyl (C=O) groups excluding carboxylic acids is 1. The second kappa shape index (κ2) is 17.8. The number of aromatic nitrogens is 1. The lowest BCUT2D eigenvalue weighted by Crippen LogP contribution is -2.47. The minimum Gasteiger partial charge on any atom is -0.516 e. The lowest BCUT2D eigenvalue weighted by Gasteiger charge is -2.36. The number of benzene rings is 3. The van der Waals surface area contributed by atoms with Crippen molar-refractivity contribution in [1.29, 1.82) is 0 Å². The number of aliphatic hydroxyl groups excluding tert-OH is 1. The highest BCUT2D eigenvalue weighted by Crippen LogP contribution is 2.42. The summed E-state index contributed by atoms with van der Waals surface area (Å²) in [6.45, 7) is 17.8. The lowest BCUT2D eigenvalue weighted by molar-refractivity contribution is 0.0299. The highest BCUT2D eigenvalue weighted by molar-refractivity contribution is 6.04. The van der Waals surface area contributed by atoms with Crippen molar-refractivity contribution in [2.45, 2.75) is 51.5 Å². The fraction of sp³-hybridized carbons (Fsp3) is 0.381. The van der Waals surface area contributed by atoms with Crippen LogP contribution in [-0.4, -0.2) is 85.4 Å². The van der Waals surface area contributed by atoms with Gasteiger partial charge in [-0.3, -0.25) is 14.8 Å². The summed E-state index contributed by atoms with van der Waals surface area (Å²) in [4.78, 5) is 21.7. The number of nitrogens with one attached hydrogen (secondary N) is 1. The highest BCUT2D eigenvalue weighted by atomic mass is 16.5. The quantitative estimate of drug-likeness (QED) is 0.0775. The highest BCUT2D eigenvalue weighted by Gasteiger charge is 2.27. The third-order valence-electron chi connectivity index (χ3n) is 10.1. The van der Waals surface area contributed by atoms with Crippen LogP contribution in [-0.2, 0) is 10.2 Å². The Morgan fingerprint density at radius 3 is 2.39 bits per heavy atom. The molecular weight excluding hydrogens is 681 g/mol. The number of likely N-dealkylation sites (N-methyl/N-ethyl adjacent to an activating group) is 1. The van der Waals surface area contributed by atoms with Gasteiger partial charge in [0.05, 0.1) is 43.6 Å². The first-order valence-electron chi connectivity index (χ1n) is 18.4. The van der Waals surface area contributed by atoms with Gasteiger partial charge in [0.15, 0.2) is 5.75 Å². The summed E-state index contributed by atoms with van der Waals surface area (Å²) in [5.41, 5.74) is 5.56. The molecule has 2 aliphatic rings. The standard InChI is InChI=1S/C40H52N8O3.C2H4O/c1-27(44-35-23-29(40(2,3)4)24-37(38(35)50-6)47(41)26-30-11-9-10-18-45(30)5)48(42)36-17-15-31(32-12-7-8-13-33(32)36)28-14-16-34(43-25-28)39(49)46-19-21-51-22-20-46;1-2-3/h7-8,12-17,23-25,30,44H,1,9-11,18-22,26,41-42H2,2-6H3;2-3H,1H2. The van der Waals surface area contributed by atoms with Gasteiger partial charge in [0.25, 0.3) is 5.91 Å². The smallest absolute Gasteiger partial charge is 0.272 e. The predicted molar refractivity (Wildman–Crippen MR) is 220 cm³/mol. The van der Waals surface area contributed by atoms with Crippen LogP contribution in [0.25, 0.3) is 21.9 Å². The molecule has 1 amide bonds. The normalized spacial score (nSPS) is 16.2. The number of carbonyl (C=O) groups is 1. The molecule has 2 saturated heterocycles. The van der Waals surface area contributed by atoms with E-state index in [2.05, 4.69) is 74.4 Å². The van der Waals surface area contributed by atoms with Crippen LogP contribution >= 0.6 is 0 Å². The fourth-order valence-electron chi connectivity index (χ4n) is 6.98. The molecule has 6 rings (SSSR count). The third-order valence-corrected chi connectivity index (χ3v) is 10.1. The maximum absolute atomic E-state index is 13.0. The molecule has 2 aliphatic heterocycles. The van der Waals surface area contributed by atoms with Gasteiger partial charge in [0.2, 0.25) is 0 Å². The van der Waals surface area contributed by atoms with E-state index in [0.29, 0.717) is 56.2 Å². The van der Waals surface area contributed by atoms with Gasteiger partial charge in [-0.15, -0.1) is 0 Å². The Bertz CT molecular complexity index is 1920. The topological polar surface area (TPSA) is 146 Å². The number of hydrazine groups is 2. The van der Waals surface area contributed by atoms with Crippen LogP contribution < -0.4 is 31.8 Å². The molecule has 54 heavy (non-hydrogen) atoms. The van der Waals surface area contributed by atoms with E-state index < -0.39 is 0 Å². The van der Waals surface area contributed by atoms with Gasteiger partial charge in [-0.1, -0.05) is 76.7 Å². The van der Waals surface area contributed by atoms with E-state index in [0.717, 1.165) is 63.8 Å². The summed E-state index contributed by atoms with van der Waals surface area (Å²) >= 11 is 0. The summed E-state index contributed by atoms with van der Waals surface area (Å²) < 4.78 is 11.4. The molecule has 1 atom stereocenters. The predicted octanol–water partition coefficient (Wildman–Crippen LogP) is 6.80. The van der Waals surface area contributed by atoms with Gasteiger partial charge in [0.1, 0.15) is 11.5 Å². The van der Waals surface area contributed by atoms with Crippen molar-refractivity contribution in [3.8, 4) is 16.9 Å². The van der Waals surface area contributed by atoms with E-state index in [1.165, 1.54) is 12.8 Å². The Morgan fingerprint density at radius 1 is 1.06 bits per heavy atom. The average molecular weight is 737 g/mol. The van der Waals surface area contributed by atoms with Crippen molar-refractivity contribution in [3.63, 3.8) is 0 Å². The molecule has 0 saturated carbocycles. The first kappa shape index (κ1) is 40.1. The fourth-order valence-corrected chi connectivity index (χ4v) is 6.98. The molecule has 1 unspecified atom stereocenters. The van der Waals surface area contributed by atoms with Crippen molar-refractivity contribution in [1.82, 2.24) is 14.8 Å². The summed E-state index contributed by atoms with van der Waals surface area (Å²) in [5, 5.41) is 16.1. The summed E-state index contributed by atoms with van der Waals surface area (Å²) in [7, 11) is 3.84. The number of ether oxygens (including phenoxy) is 2. The van der Waals surface area contributed by atoms with Gasteiger partial charge in [-0.25, -0.2) is 11.7 Å². The Morgan fingerprint density at radius 2 is 1.76 bits per heavy atom. The SMILES string of the molecule is C=C(Nc1cc(C(C)(C)C)cc(N(N)CC2CCCCN2C)c1OC)N(N)c1ccc(-c2ccc(C(=O)N3CCOCC3)nc2)c2ccccc12.C=CO. The van der Waals surface area contributed by atoms with Gasteiger partial charge in [-0.05, 0) is 72.6 Å². The van der Waals surface area contributed by atoms with Gasteiger partial charge >= 0.3 is 0 Å². The minimum atomic E-state index is -0.154. The zero-order chi connectivity index (χ0) is 39.0. The molecule has 12 heteroatoms. The van der Waals surface area contributed by atoms with Gasteiger partial charge < -0.3 is 34.7 Å². The number of rotatable bonds is 10. The molecule has 3 heterocycles. The second-order valence-electron chi connectivity index (χ2n) is 14.7. The number of aliphatic hydroxyl groups is 1. The number of hydrogen-bond acceptors (Lipinski definition) is 11. The van der Waals surface area contributed by atoms with E-state index in [4.69, 9.17) is 26.3 Å². The lowest BCUT2D eigenvalue weighted by atomic mass is 9.86. The Kier molecular flexibility index (Phi) is 13.2. The van der Waals surface area contributed by atoms with Crippen LogP contribution in [0.2, 0.25) is 0 Å². The molecule has 2 fully saturated rings.